The quantitative estimate of drug-likeness (QED) is 0.307. The zero-order valence-corrected chi connectivity index (χ0v) is 29.7. The maximum absolute atomic E-state index is 14.0. The Hall–Kier alpha value is -3.43. The molecular formula is C32H47N7O6S2. The second-order valence-electron chi connectivity index (χ2n) is 13.3. The van der Waals surface area contributed by atoms with Gasteiger partial charge in [0.2, 0.25) is 17.7 Å². The molecule has 4 bridgehead atoms. The number of aliphatic hydroxyl groups excluding tert-OH is 1. The predicted octanol–water partition coefficient (Wildman–Crippen LogP) is 2.94. The molecule has 7 atom stereocenters. The zero-order chi connectivity index (χ0) is 34.6. The first-order chi connectivity index (χ1) is 22.2. The van der Waals surface area contributed by atoms with Crippen LogP contribution in [0.15, 0.2) is 10.8 Å². The molecule has 1 fully saturated rings. The normalized spacial score (nSPS) is 26.2. The molecule has 2 aromatic rings. The van der Waals surface area contributed by atoms with Crippen molar-refractivity contribution in [1.29, 1.82) is 0 Å². The second kappa shape index (κ2) is 15.6. The molecule has 15 heteroatoms. The fourth-order valence-electron chi connectivity index (χ4n) is 5.81. The van der Waals surface area contributed by atoms with E-state index in [4.69, 9.17) is 0 Å². The number of aliphatic hydroxyl groups is 1. The summed E-state index contributed by atoms with van der Waals surface area (Å²) in [6.07, 6.45) is 1.19. The third-order valence-electron chi connectivity index (χ3n) is 8.72. The van der Waals surface area contributed by atoms with Gasteiger partial charge in [0.15, 0.2) is 0 Å². The van der Waals surface area contributed by atoms with Crippen LogP contribution in [-0.4, -0.2) is 80.3 Å². The van der Waals surface area contributed by atoms with Crippen molar-refractivity contribution in [2.75, 3.05) is 6.54 Å². The maximum Gasteiger partial charge on any atom is 0.271 e. The molecule has 0 radical (unpaired) electrons. The molecule has 0 saturated carbocycles. The van der Waals surface area contributed by atoms with Crippen molar-refractivity contribution in [3.63, 3.8) is 0 Å². The second-order valence-corrected chi connectivity index (χ2v) is 15.1. The zero-order valence-electron chi connectivity index (χ0n) is 28.0. The summed E-state index contributed by atoms with van der Waals surface area (Å²) < 4.78 is 0. The van der Waals surface area contributed by atoms with E-state index in [2.05, 4.69) is 31.2 Å². The molecule has 2 aliphatic rings. The Morgan fingerprint density at radius 1 is 0.830 bits per heavy atom. The van der Waals surface area contributed by atoms with Crippen LogP contribution in [-0.2, 0) is 14.4 Å². The van der Waals surface area contributed by atoms with Gasteiger partial charge in [-0.1, -0.05) is 48.0 Å². The van der Waals surface area contributed by atoms with Gasteiger partial charge in [-0.25, -0.2) is 9.97 Å². The Balaban J connectivity index is 1.76. The van der Waals surface area contributed by atoms with Gasteiger partial charge in [-0.05, 0) is 43.9 Å². The van der Waals surface area contributed by atoms with E-state index in [1.165, 1.54) is 29.6 Å². The van der Waals surface area contributed by atoms with Crippen LogP contribution in [0.4, 0.5) is 0 Å². The fourth-order valence-corrected chi connectivity index (χ4v) is 7.62. The van der Waals surface area contributed by atoms with E-state index in [1.807, 2.05) is 34.6 Å². The molecule has 0 aromatic carbocycles. The van der Waals surface area contributed by atoms with Gasteiger partial charge in [-0.3, -0.25) is 24.0 Å². The number of rotatable bonds is 6. The fraction of sp³-hybridized carbons (Fsp3) is 0.656. The summed E-state index contributed by atoms with van der Waals surface area (Å²) in [7, 11) is 0. The SMILES string of the molecule is CCC(C)C1NC(=O)c2csc(n2)C(CC(C)C)NC(=O)c2csc(n2)C2CCCN2C(=O)C(C(C)C)NC(=O)C(C(C)O)NC1=O. The summed E-state index contributed by atoms with van der Waals surface area (Å²) in [5.41, 5.74) is 0.327. The van der Waals surface area contributed by atoms with E-state index in [-0.39, 0.29) is 47.0 Å². The third-order valence-corrected chi connectivity index (χ3v) is 10.6. The van der Waals surface area contributed by atoms with Crippen molar-refractivity contribution in [2.24, 2.45) is 17.8 Å². The van der Waals surface area contributed by atoms with Gasteiger partial charge in [0.25, 0.3) is 11.8 Å². The van der Waals surface area contributed by atoms with Crippen LogP contribution in [0, 0.1) is 17.8 Å². The maximum atomic E-state index is 14.0. The molecule has 13 nitrogen and oxygen atoms in total. The minimum absolute atomic E-state index is 0.0976. The lowest BCUT2D eigenvalue weighted by atomic mass is 9.97. The highest BCUT2D eigenvalue weighted by atomic mass is 32.1. The van der Waals surface area contributed by atoms with Gasteiger partial charge in [0.05, 0.1) is 18.2 Å². The standard InChI is InChI=1S/C32H47N7O6S2/c1-8-17(6)24-28(43)38-25(18(7)40)29(44)36-23(16(4)5)32(45)39-11-9-10-22(39)31-35-20(14-47-31)26(41)33-19(12-15(2)3)30-34-21(13-46-30)27(42)37-24/h13-19,22-25,40H,8-12H2,1-7H3,(H,33,41)(H,36,44)(H,37,42)(H,38,43). The summed E-state index contributed by atoms with van der Waals surface area (Å²) in [6.45, 7) is 13.2. The van der Waals surface area contributed by atoms with Gasteiger partial charge in [0, 0.05) is 17.3 Å². The molecule has 0 spiro atoms. The molecule has 7 unspecified atom stereocenters. The van der Waals surface area contributed by atoms with E-state index >= 15 is 0 Å². The Bertz CT molecular complexity index is 1460. The number of hydrogen-bond donors (Lipinski definition) is 5. The number of fused-ring (bicyclic) bond motifs is 6. The minimum atomic E-state index is -1.38. The van der Waals surface area contributed by atoms with Gasteiger partial charge in [0.1, 0.15) is 39.5 Å². The Morgan fingerprint density at radius 3 is 2.00 bits per heavy atom. The van der Waals surface area contributed by atoms with Crippen molar-refractivity contribution < 1.29 is 29.1 Å². The Labute approximate surface area is 283 Å². The molecule has 2 aliphatic heterocycles. The first-order valence-corrected chi connectivity index (χ1v) is 18.1. The number of thiazole rings is 2. The summed E-state index contributed by atoms with van der Waals surface area (Å²) in [5.74, 6) is -3.08. The predicted molar refractivity (Wildman–Crippen MR) is 179 cm³/mol. The molecule has 2 aromatic heterocycles. The van der Waals surface area contributed by atoms with Crippen LogP contribution < -0.4 is 21.3 Å². The molecule has 1 saturated heterocycles. The number of amides is 5. The molecule has 4 heterocycles. The van der Waals surface area contributed by atoms with Crippen LogP contribution in [0.25, 0.3) is 0 Å². The van der Waals surface area contributed by atoms with E-state index in [0.29, 0.717) is 35.8 Å². The van der Waals surface area contributed by atoms with E-state index in [1.54, 1.807) is 22.6 Å². The average Bonchev–Trinajstić information content (AvgIpc) is 3.79. The van der Waals surface area contributed by atoms with Gasteiger partial charge < -0.3 is 31.3 Å². The molecule has 4 rings (SSSR count). The van der Waals surface area contributed by atoms with Gasteiger partial charge >= 0.3 is 0 Å². The van der Waals surface area contributed by atoms with Gasteiger partial charge in [-0.2, -0.15) is 0 Å². The number of carbonyl (C=O) groups excluding carboxylic acids is 5. The summed E-state index contributed by atoms with van der Waals surface area (Å²) in [6, 6.07) is -4.22. The monoisotopic (exact) mass is 689 g/mol. The van der Waals surface area contributed by atoms with Crippen molar-refractivity contribution in [3.8, 4) is 0 Å². The molecule has 5 amide bonds. The topological polar surface area (TPSA) is 183 Å². The van der Waals surface area contributed by atoms with Gasteiger partial charge in [-0.15, -0.1) is 22.7 Å². The summed E-state index contributed by atoms with van der Waals surface area (Å²) >= 11 is 2.54. The number of aromatic nitrogens is 2. The van der Waals surface area contributed by atoms with Crippen LogP contribution in [0.1, 0.15) is 117 Å². The average molecular weight is 690 g/mol. The highest BCUT2D eigenvalue weighted by Gasteiger charge is 2.40. The molecule has 0 aliphatic carbocycles. The molecule has 47 heavy (non-hydrogen) atoms. The molecular weight excluding hydrogens is 643 g/mol. The Kier molecular flexibility index (Phi) is 12.1. The number of carbonyl (C=O) groups is 5. The van der Waals surface area contributed by atoms with Crippen LogP contribution in [0.3, 0.4) is 0 Å². The third kappa shape index (κ3) is 8.54. The highest BCUT2D eigenvalue weighted by Crippen LogP contribution is 2.35. The van der Waals surface area contributed by atoms with Crippen molar-refractivity contribution in [1.82, 2.24) is 36.1 Å². The van der Waals surface area contributed by atoms with Crippen LogP contribution in [0.2, 0.25) is 0 Å². The number of hydrogen-bond acceptors (Lipinski definition) is 10. The smallest absolute Gasteiger partial charge is 0.271 e. The van der Waals surface area contributed by atoms with E-state index < -0.39 is 48.0 Å². The lowest BCUT2D eigenvalue weighted by Crippen LogP contribution is -2.61. The molecule has 5 N–H and O–H groups in total. The van der Waals surface area contributed by atoms with E-state index in [9.17, 15) is 29.1 Å². The van der Waals surface area contributed by atoms with Crippen LogP contribution in [0.5, 0.6) is 0 Å². The largest absolute Gasteiger partial charge is 0.391 e. The lowest BCUT2D eigenvalue weighted by Gasteiger charge is -2.32. The number of nitrogens with zero attached hydrogens (tertiary/aromatic N) is 3. The van der Waals surface area contributed by atoms with Crippen LogP contribution >= 0.6 is 22.7 Å². The minimum Gasteiger partial charge on any atom is -0.391 e. The Morgan fingerprint density at radius 2 is 1.40 bits per heavy atom. The van der Waals surface area contributed by atoms with E-state index in [0.717, 1.165) is 6.42 Å². The first kappa shape index (κ1) is 36.4. The first-order valence-electron chi connectivity index (χ1n) is 16.3. The summed E-state index contributed by atoms with van der Waals surface area (Å²) in [4.78, 5) is 79.0. The van der Waals surface area contributed by atoms with Crippen molar-refractivity contribution in [3.05, 3.63) is 32.2 Å². The lowest BCUT2D eigenvalue weighted by molar-refractivity contribution is -0.140. The highest BCUT2D eigenvalue weighted by molar-refractivity contribution is 7.10. The van der Waals surface area contributed by atoms with Crippen molar-refractivity contribution >= 4 is 52.2 Å². The van der Waals surface area contributed by atoms with Crippen molar-refractivity contribution in [2.45, 2.75) is 110 Å². The number of nitrogens with one attached hydrogen (secondary N) is 4. The molecule has 258 valence electrons. The summed E-state index contributed by atoms with van der Waals surface area (Å²) in [5, 5.41) is 26.2.